The van der Waals surface area contributed by atoms with E-state index in [1.807, 2.05) is 0 Å². The van der Waals surface area contributed by atoms with E-state index in [0.29, 0.717) is 0 Å². The molecule has 4 heavy (non-hydrogen) atoms. The topological polar surface area (TPSA) is 0 Å². The molecule has 0 unspecified atom stereocenters. The van der Waals surface area contributed by atoms with Crippen LogP contribution in [-0.2, 0) is 0 Å². The van der Waals surface area contributed by atoms with Gasteiger partial charge in [0.25, 0.3) is 0 Å². The van der Waals surface area contributed by atoms with E-state index in [1.54, 1.807) is 0 Å². The molecule has 0 aliphatic carbocycles. The van der Waals surface area contributed by atoms with Gasteiger partial charge < -0.3 is 0 Å². The van der Waals surface area contributed by atoms with E-state index in [-0.39, 0.29) is 101 Å². The van der Waals surface area contributed by atoms with Crippen LogP contribution in [0.3, 0.4) is 0 Å². The second kappa shape index (κ2) is 16.3. The summed E-state index contributed by atoms with van der Waals surface area (Å²) in [6.45, 7) is 0. The van der Waals surface area contributed by atoms with Crippen molar-refractivity contribution >= 4 is 101 Å². The van der Waals surface area contributed by atoms with Crippen molar-refractivity contribution in [1.82, 2.24) is 0 Å². The first-order chi connectivity index (χ1) is 0. The van der Waals surface area contributed by atoms with Gasteiger partial charge in [0.05, 0.1) is 0 Å². The van der Waals surface area contributed by atoms with Crippen molar-refractivity contribution in [3.8, 4) is 0 Å². The predicted octanol–water partition coefficient (Wildman–Crippen LogP) is -0.329. The number of halogens is 2. The minimum absolute atomic E-state index is 0. The maximum atomic E-state index is 0. The fraction of sp³-hybridized carbons (Fsp3) is 0. The Balaban J connectivity index is 0. The fourth-order valence-electron chi connectivity index (χ4n) is 0. The molecule has 0 aliphatic rings. The molecule has 0 radical (unpaired) electrons. The molecule has 0 nitrogen and oxygen atoms in total. The second-order valence-electron chi connectivity index (χ2n) is 0. The molecule has 0 amide bonds. The molecule has 0 aromatic rings. The van der Waals surface area contributed by atoms with Crippen LogP contribution in [0.2, 0.25) is 0 Å². The minimum atomic E-state index is 0. The standard InChI is InChI=1S/2HI.Mg.Na.3H/h2*1H;;;;;. The molecule has 0 saturated heterocycles. The van der Waals surface area contributed by atoms with Gasteiger partial charge in [-0.15, -0.1) is 48.0 Å². The second-order valence-corrected chi connectivity index (χ2v) is 0. The number of hydrogen-bond acceptors (Lipinski definition) is 0. The molecule has 0 heterocycles. The third-order valence-electron chi connectivity index (χ3n) is 0. The summed E-state index contributed by atoms with van der Waals surface area (Å²) in [5.41, 5.74) is 0. The number of rotatable bonds is 0. The average molecular weight is 306 g/mol. The quantitative estimate of drug-likeness (QED) is 0.425. The molecule has 0 aromatic heterocycles. The van der Waals surface area contributed by atoms with Crippen molar-refractivity contribution in [3.05, 3.63) is 0 Å². The molecule has 0 aromatic carbocycles. The van der Waals surface area contributed by atoms with E-state index in [1.165, 1.54) is 0 Å². The van der Waals surface area contributed by atoms with Crippen LogP contribution in [0, 0.1) is 0 Å². The van der Waals surface area contributed by atoms with Gasteiger partial charge in [-0.3, -0.25) is 0 Å². The van der Waals surface area contributed by atoms with Gasteiger partial charge in [0, 0.05) is 0 Å². The SMILES string of the molecule is I.I.[MgH2].[NaH]. The summed E-state index contributed by atoms with van der Waals surface area (Å²) in [5.74, 6) is 0. The molecular weight excluding hydrogens is 301 g/mol. The Kier molecular flexibility index (Phi) is 110. The Morgan fingerprint density at radius 3 is 0.750 bits per heavy atom. The normalized spacial score (nSPS) is 0. The van der Waals surface area contributed by atoms with Gasteiger partial charge in [0.15, 0.2) is 0 Å². The summed E-state index contributed by atoms with van der Waals surface area (Å²) < 4.78 is 0. The van der Waals surface area contributed by atoms with Crippen LogP contribution in [0.15, 0.2) is 0 Å². The molecular formula is H5I2MgNa. The van der Waals surface area contributed by atoms with Crippen LogP contribution in [0.4, 0.5) is 0 Å². The predicted molar refractivity (Wildman–Crippen MR) is 46.5 cm³/mol. The average Bonchev–Trinajstić information content (AvgIpc) is 0. The van der Waals surface area contributed by atoms with Crippen LogP contribution < -0.4 is 0 Å². The van der Waals surface area contributed by atoms with Crippen molar-refractivity contribution in [1.29, 1.82) is 0 Å². The van der Waals surface area contributed by atoms with E-state index in [4.69, 9.17) is 0 Å². The molecule has 0 atom stereocenters. The summed E-state index contributed by atoms with van der Waals surface area (Å²) >= 11 is 0. The van der Waals surface area contributed by atoms with Crippen LogP contribution in [-0.4, -0.2) is 52.6 Å². The van der Waals surface area contributed by atoms with E-state index in [9.17, 15) is 0 Å². The van der Waals surface area contributed by atoms with Gasteiger partial charge >= 0.3 is 52.6 Å². The maximum absolute atomic E-state index is 0. The zero-order valence-corrected chi connectivity index (χ0v) is 5.48. The Bertz CT molecular complexity index is 6.00. The fourth-order valence-corrected chi connectivity index (χ4v) is 0. The van der Waals surface area contributed by atoms with E-state index >= 15 is 0 Å². The third kappa shape index (κ3) is 8.97. The molecule has 0 saturated carbocycles. The zero-order valence-electron chi connectivity index (χ0n) is 0.816. The van der Waals surface area contributed by atoms with Crippen LogP contribution in [0.25, 0.3) is 0 Å². The summed E-state index contributed by atoms with van der Waals surface area (Å²) in [6.07, 6.45) is 0. The van der Waals surface area contributed by atoms with Gasteiger partial charge in [0.2, 0.25) is 0 Å². The molecule has 0 N–H and O–H groups in total. The Morgan fingerprint density at radius 1 is 0.750 bits per heavy atom. The first kappa shape index (κ1) is 26.9. The first-order valence-electron chi connectivity index (χ1n) is 0. The molecule has 22 valence electrons. The molecule has 0 rings (SSSR count). The summed E-state index contributed by atoms with van der Waals surface area (Å²) in [4.78, 5) is 0. The van der Waals surface area contributed by atoms with Crippen LogP contribution in [0.1, 0.15) is 0 Å². The van der Waals surface area contributed by atoms with Gasteiger partial charge in [0.1, 0.15) is 0 Å². The Labute approximate surface area is 98.3 Å². The zero-order chi connectivity index (χ0) is 0. The van der Waals surface area contributed by atoms with Gasteiger partial charge in [-0.05, 0) is 0 Å². The van der Waals surface area contributed by atoms with E-state index in [0.717, 1.165) is 0 Å². The van der Waals surface area contributed by atoms with Gasteiger partial charge in [-0.1, -0.05) is 0 Å². The van der Waals surface area contributed by atoms with E-state index in [2.05, 4.69) is 0 Å². The molecule has 0 bridgehead atoms. The molecule has 0 spiro atoms. The molecule has 4 heteroatoms. The summed E-state index contributed by atoms with van der Waals surface area (Å²) in [7, 11) is 0. The number of hydrogen-bond donors (Lipinski definition) is 0. The van der Waals surface area contributed by atoms with Crippen LogP contribution >= 0.6 is 48.0 Å². The monoisotopic (exact) mass is 306 g/mol. The van der Waals surface area contributed by atoms with Gasteiger partial charge in [-0.25, -0.2) is 0 Å². The molecule has 0 aliphatic heterocycles. The summed E-state index contributed by atoms with van der Waals surface area (Å²) in [5, 5.41) is 0. The molecule has 0 fully saturated rings. The van der Waals surface area contributed by atoms with Crippen molar-refractivity contribution in [2.45, 2.75) is 0 Å². The van der Waals surface area contributed by atoms with Crippen LogP contribution in [0.5, 0.6) is 0 Å². The van der Waals surface area contributed by atoms with Crippen molar-refractivity contribution < 1.29 is 0 Å². The summed E-state index contributed by atoms with van der Waals surface area (Å²) in [6, 6.07) is 0. The third-order valence-corrected chi connectivity index (χ3v) is 0. The first-order valence-corrected chi connectivity index (χ1v) is 0. The van der Waals surface area contributed by atoms with Gasteiger partial charge in [-0.2, -0.15) is 0 Å². The van der Waals surface area contributed by atoms with E-state index < -0.39 is 0 Å². The van der Waals surface area contributed by atoms with Crippen molar-refractivity contribution in [2.24, 2.45) is 0 Å². The van der Waals surface area contributed by atoms with Crippen molar-refractivity contribution in [2.75, 3.05) is 0 Å². The van der Waals surface area contributed by atoms with Crippen molar-refractivity contribution in [3.63, 3.8) is 0 Å². The Morgan fingerprint density at radius 2 is 0.750 bits per heavy atom. The Hall–Kier alpha value is 3.23.